The van der Waals surface area contributed by atoms with Gasteiger partial charge in [0.25, 0.3) is 0 Å². The van der Waals surface area contributed by atoms with Gasteiger partial charge in [0.2, 0.25) is 5.88 Å². The van der Waals surface area contributed by atoms with Gasteiger partial charge in [0, 0.05) is 6.54 Å². The molecule has 1 heterocycles. The molecule has 0 fully saturated rings. The van der Waals surface area contributed by atoms with Crippen molar-refractivity contribution in [1.29, 1.82) is 0 Å². The van der Waals surface area contributed by atoms with E-state index in [2.05, 4.69) is 22.2 Å². The number of nitrogens with one attached hydrogen (secondary N) is 1. The lowest BCUT2D eigenvalue weighted by atomic mass is 10.4. The molecular formula is C13H23N3O2. The summed E-state index contributed by atoms with van der Waals surface area (Å²) in [5.41, 5.74) is 0.925. The Morgan fingerprint density at radius 1 is 1.22 bits per heavy atom. The fourth-order valence-corrected chi connectivity index (χ4v) is 1.33. The molecule has 0 aromatic carbocycles. The van der Waals surface area contributed by atoms with Crippen LogP contribution < -0.4 is 10.1 Å². The Hall–Kier alpha value is -1.20. The Labute approximate surface area is 109 Å². The van der Waals surface area contributed by atoms with Gasteiger partial charge < -0.3 is 14.8 Å². The van der Waals surface area contributed by atoms with Crippen molar-refractivity contribution in [1.82, 2.24) is 15.3 Å². The Balaban J connectivity index is 2.23. The lowest BCUT2D eigenvalue weighted by molar-refractivity contribution is 0.0541. The van der Waals surface area contributed by atoms with E-state index in [1.165, 1.54) is 0 Å². The van der Waals surface area contributed by atoms with Crippen LogP contribution in [0.3, 0.4) is 0 Å². The second-order valence-corrected chi connectivity index (χ2v) is 4.29. The van der Waals surface area contributed by atoms with Crippen LogP contribution in [0.1, 0.15) is 32.9 Å². The lowest BCUT2D eigenvalue weighted by Crippen LogP contribution is -2.15. The molecule has 18 heavy (non-hydrogen) atoms. The molecule has 0 saturated carbocycles. The molecule has 0 aliphatic carbocycles. The van der Waals surface area contributed by atoms with Gasteiger partial charge in [-0.1, -0.05) is 6.92 Å². The highest BCUT2D eigenvalue weighted by Gasteiger charge is 1.99. The average molecular weight is 253 g/mol. The maximum Gasteiger partial charge on any atom is 0.232 e. The van der Waals surface area contributed by atoms with E-state index in [9.17, 15) is 0 Å². The second-order valence-electron chi connectivity index (χ2n) is 4.29. The minimum absolute atomic E-state index is 0.228. The molecule has 0 spiro atoms. The van der Waals surface area contributed by atoms with Crippen molar-refractivity contribution < 1.29 is 9.47 Å². The van der Waals surface area contributed by atoms with Gasteiger partial charge in [-0.25, -0.2) is 4.98 Å². The highest BCUT2D eigenvalue weighted by atomic mass is 16.5. The molecule has 0 bridgehead atoms. The van der Waals surface area contributed by atoms with Gasteiger partial charge in [-0.05, 0) is 26.8 Å². The standard InChI is InChI=1S/C13H23N3O2/c1-4-5-14-8-12-9-16-13(10-15-12)18-7-6-17-11(2)3/h9-11,14H,4-8H2,1-3H3. The zero-order valence-corrected chi connectivity index (χ0v) is 11.5. The predicted molar refractivity (Wildman–Crippen MR) is 70.6 cm³/mol. The average Bonchev–Trinajstić information content (AvgIpc) is 2.36. The van der Waals surface area contributed by atoms with E-state index < -0.39 is 0 Å². The second kappa shape index (κ2) is 8.83. The summed E-state index contributed by atoms with van der Waals surface area (Å²) in [6.07, 6.45) is 4.73. The molecule has 1 N–H and O–H groups in total. The fourth-order valence-electron chi connectivity index (χ4n) is 1.33. The van der Waals surface area contributed by atoms with E-state index in [1.54, 1.807) is 12.4 Å². The van der Waals surface area contributed by atoms with Crippen LogP contribution in [0.2, 0.25) is 0 Å². The third kappa shape index (κ3) is 6.51. The van der Waals surface area contributed by atoms with E-state index in [-0.39, 0.29) is 6.10 Å². The van der Waals surface area contributed by atoms with Crippen molar-refractivity contribution in [3.63, 3.8) is 0 Å². The first-order valence-electron chi connectivity index (χ1n) is 6.48. The van der Waals surface area contributed by atoms with Crippen LogP contribution in [0.5, 0.6) is 5.88 Å². The van der Waals surface area contributed by atoms with Crippen LogP contribution in [0, 0.1) is 0 Å². The molecule has 1 rings (SSSR count). The summed E-state index contributed by atoms with van der Waals surface area (Å²) in [5.74, 6) is 0.543. The van der Waals surface area contributed by atoms with Gasteiger partial charge in [0.15, 0.2) is 0 Å². The maximum atomic E-state index is 5.42. The molecule has 0 saturated heterocycles. The SMILES string of the molecule is CCCNCc1cnc(OCCOC(C)C)cn1. The van der Waals surface area contributed by atoms with Gasteiger partial charge in [0.1, 0.15) is 6.61 Å². The fraction of sp³-hybridized carbons (Fsp3) is 0.692. The van der Waals surface area contributed by atoms with Gasteiger partial charge in [-0.15, -0.1) is 0 Å². The highest BCUT2D eigenvalue weighted by molar-refractivity contribution is 5.07. The number of aromatic nitrogens is 2. The first kappa shape index (κ1) is 14.9. The van der Waals surface area contributed by atoms with Crippen LogP contribution in [-0.2, 0) is 11.3 Å². The van der Waals surface area contributed by atoms with Crippen LogP contribution >= 0.6 is 0 Å². The Kier molecular flexibility index (Phi) is 7.29. The third-order valence-electron chi connectivity index (χ3n) is 2.20. The molecule has 1 aromatic heterocycles. The summed E-state index contributed by atoms with van der Waals surface area (Å²) in [4.78, 5) is 8.47. The molecule has 0 unspecified atom stereocenters. The third-order valence-corrected chi connectivity index (χ3v) is 2.20. The van der Waals surface area contributed by atoms with Gasteiger partial charge in [-0.2, -0.15) is 0 Å². The summed E-state index contributed by atoms with van der Waals surface area (Å²) < 4.78 is 10.8. The van der Waals surface area contributed by atoms with E-state index in [1.807, 2.05) is 13.8 Å². The summed E-state index contributed by atoms with van der Waals surface area (Å²) in [5, 5.41) is 3.27. The van der Waals surface area contributed by atoms with E-state index in [0.717, 1.165) is 25.2 Å². The van der Waals surface area contributed by atoms with Gasteiger partial charge >= 0.3 is 0 Å². The zero-order valence-electron chi connectivity index (χ0n) is 11.5. The number of ether oxygens (including phenoxy) is 2. The minimum Gasteiger partial charge on any atom is -0.474 e. The quantitative estimate of drug-likeness (QED) is 0.680. The van der Waals surface area contributed by atoms with E-state index in [0.29, 0.717) is 19.1 Å². The molecule has 0 amide bonds. The van der Waals surface area contributed by atoms with Gasteiger partial charge in [-0.3, -0.25) is 4.98 Å². The van der Waals surface area contributed by atoms with E-state index >= 15 is 0 Å². The number of rotatable bonds is 9. The van der Waals surface area contributed by atoms with E-state index in [4.69, 9.17) is 9.47 Å². The Morgan fingerprint density at radius 3 is 2.67 bits per heavy atom. The lowest BCUT2D eigenvalue weighted by Gasteiger charge is -2.08. The molecule has 0 radical (unpaired) electrons. The monoisotopic (exact) mass is 253 g/mol. The summed E-state index contributed by atoms with van der Waals surface area (Å²) >= 11 is 0. The zero-order chi connectivity index (χ0) is 13.2. The first-order valence-corrected chi connectivity index (χ1v) is 6.48. The van der Waals surface area contributed by atoms with Crippen LogP contribution in [0.15, 0.2) is 12.4 Å². The summed E-state index contributed by atoms with van der Waals surface area (Å²) in [6.45, 7) is 8.94. The first-order chi connectivity index (χ1) is 8.72. The topological polar surface area (TPSA) is 56.3 Å². The molecule has 0 atom stereocenters. The number of hydrogen-bond donors (Lipinski definition) is 1. The normalized spacial score (nSPS) is 10.9. The molecular weight excluding hydrogens is 230 g/mol. The molecule has 0 aliphatic rings. The minimum atomic E-state index is 0.228. The van der Waals surface area contributed by atoms with Crippen molar-refractivity contribution in [3.8, 4) is 5.88 Å². The van der Waals surface area contributed by atoms with Crippen molar-refractivity contribution >= 4 is 0 Å². The summed E-state index contributed by atoms with van der Waals surface area (Å²) in [7, 11) is 0. The van der Waals surface area contributed by atoms with Crippen molar-refractivity contribution in [2.75, 3.05) is 19.8 Å². The predicted octanol–water partition coefficient (Wildman–Crippen LogP) is 1.78. The van der Waals surface area contributed by atoms with Crippen molar-refractivity contribution in [2.24, 2.45) is 0 Å². The molecule has 5 heteroatoms. The van der Waals surface area contributed by atoms with Crippen LogP contribution in [0.25, 0.3) is 0 Å². The van der Waals surface area contributed by atoms with Crippen molar-refractivity contribution in [2.45, 2.75) is 39.8 Å². The molecule has 1 aromatic rings. The molecule has 102 valence electrons. The number of nitrogens with zero attached hydrogens (tertiary/aromatic N) is 2. The van der Waals surface area contributed by atoms with Crippen molar-refractivity contribution in [3.05, 3.63) is 18.1 Å². The van der Waals surface area contributed by atoms with Gasteiger partial charge in [0.05, 0.1) is 30.8 Å². The van der Waals surface area contributed by atoms with Crippen LogP contribution in [-0.4, -0.2) is 35.8 Å². The highest BCUT2D eigenvalue weighted by Crippen LogP contribution is 2.04. The van der Waals surface area contributed by atoms with Crippen LogP contribution in [0.4, 0.5) is 0 Å². The smallest absolute Gasteiger partial charge is 0.232 e. The molecule has 5 nitrogen and oxygen atoms in total. The Morgan fingerprint density at radius 2 is 2.06 bits per heavy atom. The molecule has 0 aliphatic heterocycles. The maximum absolute atomic E-state index is 5.42. The largest absolute Gasteiger partial charge is 0.474 e. The number of hydrogen-bond acceptors (Lipinski definition) is 5. The summed E-state index contributed by atoms with van der Waals surface area (Å²) in [6, 6.07) is 0. The Bertz CT molecular complexity index is 315.